The van der Waals surface area contributed by atoms with Gasteiger partial charge in [0.1, 0.15) is 0 Å². The number of rotatable bonds is 2. The Bertz CT molecular complexity index is 231. The Balaban J connectivity index is 2.96. The van der Waals surface area contributed by atoms with E-state index in [2.05, 4.69) is 6.07 Å². The largest absolute Gasteiger partial charge is 0.377 e. The van der Waals surface area contributed by atoms with Crippen LogP contribution in [0, 0.1) is 6.07 Å². The van der Waals surface area contributed by atoms with Crippen LogP contribution < -0.4 is 9.80 Å². The van der Waals surface area contributed by atoms with Gasteiger partial charge in [-0.25, -0.2) is 0 Å². The first kappa shape index (κ1) is 8.91. The van der Waals surface area contributed by atoms with Crippen LogP contribution in [-0.2, 0) is 0 Å². The summed E-state index contributed by atoms with van der Waals surface area (Å²) >= 11 is 0. The molecule has 0 unspecified atom stereocenters. The highest BCUT2D eigenvalue weighted by atomic mass is 15.1. The smallest absolute Gasteiger partial charge is 0.0463 e. The molecule has 0 aromatic heterocycles. The second-order valence-corrected chi connectivity index (χ2v) is 3.21. The Labute approximate surface area is 74.4 Å². The van der Waals surface area contributed by atoms with Gasteiger partial charge >= 0.3 is 0 Å². The van der Waals surface area contributed by atoms with E-state index < -0.39 is 0 Å². The maximum Gasteiger partial charge on any atom is 0.0463 e. The van der Waals surface area contributed by atoms with Gasteiger partial charge in [0.2, 0.25) is 0 Å². The molecule has 0 aliphatic carbocycles. The molecule has 2 nitrogen and oxygen atoms in total. The zero-order valence-electron chi connectivity index (χ0n) is 8.13. The van der Waals surface area contributed by atoms with Crippen molar-refractivity contribution in [3.05, 3.63) is 24.3 Å². The molecule has 0 aliphatic rings. The van der Waals surface area contributed by atoms with Crippen LogP contribution in [0.5, 0.6) is 0 Å². The molecule has 2 heteroatoms. The molecule has 1 radical (unpaired) electrons. The lowest BCUT2D eigenvalue weighted by Gasteiger charge is -2.16. The summed E-state index contributed by atoms with van der Waals surface area (Å²) in [5.41, 5.74) is 2.22. The minimum atomic E-state index is 1.11. The Morgan fingerprint density at radius 1 is 0.917 bits per heavy atom. The minimum Gasteiger partial charge on any atom is -0.377 e. The summed E-state index contributed by atoms with van der Waals surface area (Å²) in [6, 6.07) is 9.44. The average molecular weight is 163 g/mol. The van der Waals surface area contributed by atoms with Crippen molar-refractivity contribution < 1.29 is 0 Å². The molecule has 0 saturated carbocycles. The quantitative estimate of drug-likeness (QED) is 0.653. The SMILES string of the molecule is CN(C)c1[c]c(N(C)C)ccc1. The van der Waals surface area contributed by atoms with E-state index in [9.17, 15) is 0 Å². The van der Waals surface area contributed by atoms with Crippen LogP contribution in [0.15, 0.2) is 18.2 Å². The molecule has 1 rings (SSSR count). The van der Waals surface area contributed by atoms with E-state index in [-0.39, 0.29) is 0 Å². The summed E-state index contributed by atoms with van der Waals surface area (Å²) in [5, 5.41) is 0. The number of hydrogen-bond acceptors (Lipinski definition) is 2. The molecule has 0 saturated heterocycles. The molecule has 0 N–H and O–H groups in total. The summed E-state index contributed by atoms with van der Waals surface area (Å²) in [5.74, 6) is 0. The number of hydrogen-bond donors (Lipinski definition) is 0. The van der Waals surface area contributed by atoms with Gasteiger partial charge in [0, 0.05) is 45.6 Å². The molecule has 0 fully saturated rings. The van der Waals surface area contributed by atoms with Gasteiger partial charge in [0.15, 0.2) is 0 Å². The van der Waals surface area contributed by atoms with Crippen molar-refractivity contribution in [2.75, 3.05) is 38.0 Å². The van der Waals surface area contributed by atoms with Crippen molar-refractivity contribution in [1.29, 1.82) is 0 Å². The van der Waals surface area contributed by atoms with Crippen LogP contribution in [0.2, 0.25) is 0 Å². The summed E-state index contributed by atoms with van der Waals surface area (Å²) in [6.45, 7) is 0. The third-order valence-corrected chi connectivity index (χ3v) is 1.73. The third-order valence-electron chi connectivity index (χ3n) is 1.73. The third kappa shape index (κ3) is 1.91. The second-order valence-electron chi connectivity index (χ2n) is 3.21. The number of nitrogens with zero attached hydrogens (tertiary/aromatic N) is 2. The molecule has 1 aromatic carbocycles. The van der Waals surface area contributed by atoms with E-state index in [1.807, 2.05) is 56.2 Å². The van der Waals surface area contributed by atoms with Crippen molar-refractivity contribution in [3.8, 4) is 0 Å². The zero-order valence-corrected chi connectivity index (χ0v) is 8.13. The van der Waals surface area contributed by atoms with E-state index in [1.165, 1.54) is 0 Å². The highest BCUT2D eigenvalue weighted by Gasteiger charge is 1.98. The standard InChI is InChI=1S/C10H15N2/c1-11(2)9-6-5-7-10(8-9)12(3)4/h5-7H,1-4H3. The Kier molecular flexibility index (Phi) is 2.58. The van der Waals surface area contributed by atoms with E-state index in [0.29, 0.717) is 0 Å². The van der Waals surface area contributed by atoms with Crippen LogP contribution in [0.3, 0.4) is 0 Å². The van der Waals surface area contributed by atoms with E-state index >= 15 is 0 Å². The van der Waals surface area contributed by atoms with Crippen LogP contribution >= 0.6 is 0 Å². The van der Waals surface area contributed by atoms with Gasteiger partial charge in [-0.3, -0.25) is 0 Å². The molecule has 0 aliphatic heterocycles. The molecule has 0 amide bonds. The fourth-order valence-electron chi connectivity index (χ4n) is 0.967. The first-order valence-corrected chi connectivity index (χ1v) is 3.98. The normalized spacial score (nSPS) is 9.67. The molecular weight excluding hydrogens is 148 g/mol. The second kappa shape index (κ2) is 3.48. The van der Waals surface area contributed by atoms with Crippen LogP contribution in [-0.4, -0.2) is 28.2 Å². The molecule has 1 aromatic rings. The number of benzene rings is 1. The van der Waals surface area contributed by atoms with Crippen LogP contribution in [0.25, 0.3) is 0 Å². The first-order valence-electron chi connectivity index (χ1n) is 3.98. The summed E-state index contributed by atoms with van der Waals surface area (Å²) in [7, 11) is 8.08. The number of anilines is 2. The van der Waals surface area contributed by atoms with Gasteiger partial charge in [-0.1, -0.05) is 6.07 Å². The maximum absolute atomic E-state index is 3.30. The topological polar surface area (TPSA) is 6.48 Å². The first-order chi connectivity index (χ1) is 5.61. The molecule has 65 valence electrons. The van der Waals surface area contributed by atoms with E-state index in [4.69, 9.17) is 0 Å². The molecule has 12 heavy (non-hydrogen) atoms. The predicted octanol–water partition coefficient (Wildman–Crippen LogP) is 1.62. The van der Waals surface area contributed by atoms with Gasteiger partial charge < -0.3 is 9.80 Å². The molecule has 0 atom stereocenters. The van der Waals surface area contributed by atoms with Gasteiger partial charge in [-0.15, -0.1) is 0 Å². The van der Waals surface area contributed by atoms with Crippen molar-refractivity contribution in [2.24, 2.45) is 0 Å². The van der Waals surface area contributed by atoms with Gasteiger partial charge in [-0.05, 0) is 12.1 Å². The fourth-order valence-corrected chi connectivity index (χ4v) is 0.967. The van der Waals surface area contributed by atoms with Gasteiger partial charge in [0.25, 0.3) is 0 Å². The summed E-state index contributed by atoms with van der Waals surface area (Å²) < 4.78 is 0. The molecule has 0 spiro atoms. The highest BCUT2D eigenvalue weighted by Crippen LogP contribution is 2.17. The Hall–Kier alpha value is -1.18. The summed E-state index contributed by atoms with van der Waals surface area (Å²) in [6.07, 6.45) is 0. The average Bonchev–Trinajstić information content (AvgIpc) is 2.04. The van der Waals surface area contributed by atoms with Crippen LogP contribution in [0.1, 0.15) is 0 Å². The molecule has 0 bridgehead atoms. The minimum absolute atomic E-state index is 1.11. The lowest BCUT2D eigenvalue weighted by atomic mass is 10.2. The fraction of sp³-hybridized carbons (Fsp3) is 0.400. The highest BCUT2D eigenvalue weighted by molar-refractivity contribution is 5.56. The Morgan fingerprint density at radius 2 is 1.33 bits per heavy atom. The van der Waals surface area contributed by atoms with Crippen molar-refractivity contribution in [3.63, 3.8) is 0 Å². The zero-order chi connectivity index (χ0) is 9.14. The molecule has 0 heterocycles. The Morgan fingerprint density at radius 3 is 1.67 bits per heavy atom. The predicted molar refractivity (Wildman–Crippen MR) is 53.9 cm³/mol. The van der Waals surface area contributed by atoms with Crippen molar-refractivity contribution in [2.45, 2.75) is 0 Å². The summed E-state index contributed by atoms with van der Waals surface area (Å²) in [4.78, 5) is 4.10. The maximum atomic E-state index is 3.30. The van der Waals surface area contributed by atoms with Crippen molar-refractivity contribution >= 4 is 11.4 Å². The van der Waals surface area contributed by atoms with Crippen LogP contribution in [0.4, 0.5) is 11.4 Å². The van der Waals surface area contributed by atoms with E-state index in [0.717, 1.165) is 11.4 Å². The lowest BCUT2D eigenvalue weighted by Crippen LogP contribution is -2.12. The molecular formula is C10H15N2. The lowest BCUT2D eigenvalue weighted by molar-refractivity contribution is 1.10. The van der Waals surface area contributed by atoms with Gasteiger partial charge in [-0.2, -0.15) is 0 Å². The van der Waals surface area contributed by atoms with Crippen molar-refractivity contribution in [1.82, 2.24) is 0 Å². The van der Waals surface area contributed by atoms with Gasteiger partial charge in [0.05, 0.1) is 0 Å². The monoisotopic (exact) mass is 163 g/mol. The van der Waals surface area contributed by atoms with E-state index in [1.54, 1.807) is 0 Å².